The van der Waals surface area contributed by atoms with Crippen molar-refractivity contribution in [3.63, 3.8) is 0 Å². The van der Waals surface area contributed by atoms with Crippen LogP contribution in [0.5, 0.6) is 0 Å². The van der Waals surface area contributed by atoms with Gasteiger partial charge in [0.15, 0.2) is 5.96 Å². The number of aliphatic imine (C=N–C) groups is 1. The third-order valence-electron chi connectivity index (χ3n) is 3.64. The van der Waals surface area contributed by atoms with Crippen molar-refractivity contribution < 1.29 is 4.39 Å². The van der Waals surface area contributed by atoms with Crippen LogP contribution in [0.25, 0.3) is 0 Å². The van der Waals surface area contributed by atoms with E-state index in [4.69, 9.17) is 5.73 Å². The molecule has 0 aromatic heterocycles. The molecule has 0 radical (unpaired) electrons. The molecule has 2 aromatic carbocycles. The molecule has 0 aliphatic rings. The first-order valence-electron chi connectivity index (χ1n) is 8.06. The average Bonchev–Trinajstić information content (AvgIpc) is 2.55. The van der Waals surface area contributed by atoms with Crippen molar-refractivity contribution in [2.75, 3.05) is 19.4 Å². The summed E-state index contributed by atoms with van der Waals surface area (Å²) in [4.78, 5) is 6.28. The molecule has 6 heteroatoms. The molecule has 0 amide bonds. The van der Waals surface area contributed by atoms with Crippen LogP contribution < -0.4 is 11.1 Å². The number of nitrogens with zero attached hydrogens (tertiary/aromatic N) is 2. The first-order valence-corrected chi connectivity index (χ1v) is 8.06. The molecular formula is C19H26FIN4. The molecule has 136 valence electrons. The molecule has 4 nitrogen and oxygen atoms in total. The van der Waals surface area contributed by atoms with Gasteiger partial charge < -0.3 is 16.0 Å². The van der Waals surface area contributed by atoms with E-state index in [9.17, 15) is 4.39 Å². The summed E-state index contributed by atoms with van der Waals surface area (Å²) in [5, 5.41) is 3.09. The second-order valence-corrected chi connectivity index (χ2v) is 6.04. The van der Waals surface area contributed by atoms with E-state index in [0.717, 1.165) is 17.7 Å². The van der Waals surface area contributed by atoms with E-state index in [2.05, 4.69) is 29.4 Å². The number of hydrogen-bond acceptors (Lipinski definition) is 2. The molecule has 25 heavy (non-hydrogen) atoms. The number of guanidine groups is 1. The molecule has 0 unspecified atom stereocenters. The zero-order valence-electron chi connectivity index (χ0n) is 14.9. The summed E-state index contributed by atoms with van der Waals surface area (Å²) in [6, 6.07) is 13.1. The van der Waals surface area contributed by atoms with Crippen LogP contribution in [0.3, 0.4) is 0 Å². The average molecular weight is 456 g/mol. The van der Waals surface area contributed by atoms with Gasteiger partial charge in [0.25, 0.3) is 0 Å². The van der Waals surface area contributed by atoms with Gasteiger partial charge in [-0.05, 0) is 55.9 Å². The van der Waals surface area contributed by atoms with E-state index in [1.165, 1.54) is 11.6 Å². The zero-order valence-corrected chi connectivity index (χ0v) is 17.3. The van der Waals surface area contributed by atoms with Gasteiger partial charge in [-0.3, -0.25) is 0 Å². The summed E-state index contributed by atoms with van der Waals surface area (Å²) in [6.07, 6.45) is 0.969. The lowest BCUT2D eigenvalue weighted by Crippen LogP contribution is -2.22. The fourth-order valence-electron chi connectivity index (χ4n) is 2.42. The largest absolute Gasteiger partial charge is 0.370 e. The SMILES string of the molecule is CCc1cccc(NC(N)=NCc2ccc(F)c(CN(C)C)c2)c1.I. The highest BCUT2D eigenvalue weighted by atomic mass is 127. The summed E-state index contributed by atoms with van der Waals surface area (Å²) in [7, 11) is 3.83. The molecule has 0 bridgehead atoms. The van der Waals surface area contributed by atoms with Gasteiger partial charge in [0.2, 0.25) is 0 Å². The van der Waals surface area contributed by atoms with Crippen molar-refractivity contribution in [1.82, 2.24) is 4.90 Å². The van der Waals surface area contributed by atoms with Gasteiger partial charge in [-0.15, -0.1) is 24.0 Å². The van der Waals surface area contributed by atoms with Crippen molar-refractivity contribution in [2.45, 2.75) is 26.4 Å². The van der Waals surface area contributed by atoms with Crippen molar-refractivity contribution >= 4 is 35.6 Å². The Morgan fingerprint density at radius 2 is 1.92 bits per heavy atom. The number of nitrogens with one attached hydrogen (secondary N) is 1. The van der Waals surface area contributed by atoms with Crippen LogP contribution in [-0.2, 0) is 19.5 Å². The number of hydrogen-bond donors (Lipinski definition) is 2. The van der Waals surface area contributed by atoms with Crippen LogP contribution in [0.2, 0.25) is 0 Å². The molecule has 2 aromatic rings. The quantitative estimate of drug-likeness (QED) is 0.393. The third-order valence-corrected chi connectivity index (χ3v) is 3.64. The minimum absolute atomic E-state index is 0. The normalized spacial score (nSPS) is 11.3. The number of anilines is 1. The highest BCUT2D eigenvalue weighted by molar-refractivity contribution is 14.0. The van der Waals surface area contributed by atoms with Gasteiger partial charge in [-0.25, -0.2) is 9.38 Å². The smallest absolute Gasteiger partial charge is 0.193 e. The lowest BCUT2D eigenvalue weighted by molar-refractivity contribution is 0.392. The van der Waals surface area contributed by atoms with Crippen LogP contribution in [0.4, 0.5) is 10.1 Å². The van der Waals surface area contributed by atoms with Gasteiger partial charge >= 0.3 is 0 Å². The van der Waals surface area contributed by atoms with Crippen molar-refractivity contribution in [1.29, 1.82) is 0 Å². The van der Waals surface area contributed by atoms with E-state index >= 15 is 0 Å². The predicted octanol–water partition coefficient (Wildman–Crippen LogP) is 3.99. The van der Waals surface area contributed by atoms with Crippen LogP contribution in [0.1, 0.15) is 23.6 Å². The molecule has 0 saturated heterocycles. The molecule has 0 aliphatic carbocycles. The number of nitrogens with two attached hydrogens (primary N) is 1. The fraction of sp³-hybridized carbons (Fsp3) is 0.316. The molecule has 3 N–H and O–H groups in total. The highest BCUT2D eigenvalue weighted by Gasteiger charge is 2.05. The molecule has 0 atom stereocenters. The third kappa shape index (κ3) is 6.99. The Morgan fingerprint density at radius 3 is 2.60 bits per heavy atom. The van der Waals surface area contributed by atoms with Crippen molar-refractivity contribution in [3.8, 4) is 0 Å². The van der Waals surface area contributed by atoms with E-state index in [1.807, 2.05) is 37.2 Å². The number of halogens is 2. The van der Waals surface area contributed by atoms with E-state index in [1.54, 1.807) is 6.07 Å². The Balaban J connectivity index is 0.00000312. The summed E-state index contributed by atoms with van der Waals surface area (Å²) >= 11 is 0. The molecule has 0 spiro atoms. The van der Waals surface area contributed by atoms with Crippen molar-refractivity contribution in [2.24, 2.45) is 10.7 Å². The lowest BCUT2D eigenvalue weighted by Gasteiger charge is -2.12. The topological polar surface area (TPSA) is 53.6 Å². The van der Waals surface area contributed by atoms with E-state index < -0.39 is 0 Å². The zero-order chi connectivity index (χ0) is 17.5. The maximum atomic E-state index is 13.8. The Kier molecular flexibility index (Phi) is 8.85. The number of rotatable bonds is 6. The molecule has 0 aliphatic heterocycles. The Morgan fingerprint density at radius 1 is 1.16 bits per heavy atom. The standard InChI is InChI=1S/C19H25FN4.HI/c1-4-14-6-5-7-17(11-14)23-19(21)22-12-15-8-9-18(20)16(10-15)13-24(2)3;/h5-11H,4,12-13H2,1-3H3,(H3,21,22,23);1H. The maximum Gasteiger partial charge on any atom is 0.193 e. The van der Waals surface area contributed by atoms with Gasteiger partial charge in [-0.2, -0.15) is 0 Å². The summed E-state index contributed by atoms with van der Waals surface area (Å²) in [5.74, 6) is 0.153. The molecule has 2 rings (SSSR count). The van der Waals surface area contributed by atoms with Crippen LogP contribution in [0.15, 0.2) is 47.5 Å². The Labute approximate surface area is 166 Å². The maximum absolute atomic E-state index is 13.8. The summed E-state index contributed by atoms with van der Waals surface area (Å²) in [5.41, 5.74) is 9.70. The summed E-state index contributed by atoms with van der Waals surface area (Å²) in [6.45, 7) is 3.07. The second-order valence-electron chi connectivity index (χ2n) is 6.04. The van der Waals surface area contributed by atoms with Crippen LogP contribution in [0, 0.1) is 5.82 Å². The molecule has 0 fully saturated rings. The molecule has 0 saturated carbocycles. The van der Waals surface area contributed by atoms with E-state index in [-0.39, 0.29) is 29.8 Å². The molecule has 0 heterocycles. The minimum atomic E-state index is -0.195. The lowest BCUT2D eigenvalue weighted by atomic mass is 10.1. The van der Waals surface area contributed by atoms with Gasteiger partial charge in [0.1, 0.15) is 5.82 Å². The Hall–Kier alpha value is -1.67. The van der Waals surface area contributed by atoms with Crippen LogP contribution >= 0.6 is 24.0 Å². The monoisotopic (exact) mass is 456 g/mol. The van der Waals surface area contributed by atoms with E-state index in [0.29, 0.717) is 24.6 Å². The number of aryl methyl sites for hydroxylation is 1. The number of benzene rings is 2. The minimum Gasteiger partial charge on any atom is -0.370 e. The first-order chi connectivity index (χ1) is 11.5. The highest BCUT2D eigenvalue weighted by Crippen LogP contribution is 2.14. The van der Waals surface area contributed by atoms with Gasteiger partial charge in [-0.1, -0.05) is 25.1 Å². The summed E-state index contributed by atoms with van der Waals surface area (Å²) < 4.78 is 13.8. The van der Waals surface area contributed by atoms with Gasteiger partial charge in [0.05, 0.1) is 6.54 Å². The van der Waals surface area contributed by atoms with Crippen molar-refractivity contribution in [3.05, 3.63) is 65.0 Å². The second kappa shape index (κ2) is 10.4. The Bertz CT molecular complexity index is 716. The molecular weight excluding hydrogens is 430 g/mol. The fourth-order valence-corrected chi connectivity index (χ4v) is 2.42. The first kappa shape index (κ1) is 21.4. The van der Waals surface area contributed by atoms with Crippen LogP contribution in [-0.4, -0.2) is 25.0 Å². The van der Waals surface area contributed by atoms with Gasteiger partial charge in [0, 0.05) is 17.8 Å². The predicted molar refractivity (Wildman–Crippen MR) is 114 cm³/mol.